The molecular weight excluding hydrogens is 392 g/mol. The van der Waals surface area contributed by atoms with Crippen molar-refractivity contribution in [2.24, 2.45) is 0 Å². The van der Waals surface area contributed by atoms with Gasteiger partial charge in [-0.25, -0.2) is 9.31 Å². The molecule has 3 aromatic heterocycles. The van der Waals surface area contributed by atoms with Crippen molar-refractivity contribution in [3.8, 4) is 0 Å². The van der Waals surface area contributed by atoms with Gasteiger partial charge >= 0.3 is 5.97 Å². The number of ether oxygens (including phenoxy) is 1. The molecule has 1 aliphatic rings. The number of nitrogens with zero attached hydrogens (tertiary/aromatic N) is 4. The Hall–Kier alpha value is -4.21. The number of hydrogen-bond acceptors (Lipinski definition) is 7. The minimum absolute atomic E-state index is 0.0402. The van der Waals surface area contributed by atoms with Crippen LogP contribution < -0.4 is 0 Å². The Balaban J connectivity index is 1.54. The summed E-state index contributed by atoms with van der Waals surface area (Å²) in [6, 6.07) is 7.82. The van der Waals surface area contributed by atoms with Crippen molar-refractivity contribution in [3.05, 3.63) is 75.3 Å². The SMILES string of the molecule is COC(=O)c1cc([N+](=O)[O-])cc2cc(CN3Cc4cccn5ncc(c45)C3=O)oc12. The summed E-state index contributed by atoms with van der Waals surface area (Å²) in [5.74, 6) is -0.537. The van der Waals surface area contributed by atoms with Crippen LogP contribution in [0.4, 0.5) is 5.69 Å². The highest BCUT2D eigenvalue weighted by Crippen LogP contribution is 2.31. The van der Waals surface area contributed by atoms with Gasteiger partial charge in [0, 0.05) is 30.3 Å². The highest BCUT2D eigenvalue weighted by Gasteiger charge is 2.29. The van der Waals surface area contributed by atoms with Crippen molar-refractivity contribution in [2.75, 3.05) is 7.11 Å². The first-order valence-corrected chi connectivity index (χ1v) is 9.00. The van der Waals surface area contributed by atoms with E-state index in [1.165, 1.54) is 19.4 Å². The summed E-state index contributed by atoms with van der Waals surface area (Å²) in [5.41, 5.74) is 2.12. The molecule has 1 aromatic carbocycles. The maximum Gasteiger partial charge on any atom is 0.341 e. The van der Waals surface area contributed by atoms with Crippen LogP contribution in [0, 0.1) is 10.1 Å². The number of aromatic nitrogens is 2. The Kier molecular flexibility index (Phi) is 3.82. The molecule has 4 aromatic rings. The lowest BCUT2D eigenvalue weighted by molar-refractivity contribution is -0.384. The first-order chi connectivity index (χ1) is 14.5. The molecule has 0 radical (unpaired) electrons. The van der Waals surface area contributed by atoms with Gasteiger partial charge in [0.25, 0.3) is 11.6 Å². The zero-order valence-electron chi connectivity index (χ0n) is 15.7. The number of benzene rings is 1. The number of furan rings is 1. The number of nitro groups is 1. The van der Waals surface area contributed by atoms with E-state index in [4.69, 9.17) is 9.15 Å². The molecule has 5 rings (SSSR count). The zero-order chi connectivity index (χ0) is 21.0. The van der Waals surface area contributed by atoms with Gasteiger partial charge in [0.1, 0.15) is 16.9 Å². The van der Waals surface area contributed by atoms with Gasteiger partial charge in [-0.1, -0.05) is 6.07 Å². The van der Waals surface area contributed by atoms with Crippen LogP contribution >= 0.6 is 0 Å². The Labute approximate surface area is 168 Å². The van der Waals surface area contributed by atoms with Crippen LogP contribution in [0.1, 0.15) is 32.0 Å². The van der Waals surface area contributed by atoms with E-state index in [9.17, 15) is 19.7 Å². The Morgan fingerprint density at radius 3 is 2.97 bits per heavy atom. The van der Waals surface area contributed by atoms with Crippen molar-refractivity contribution < 1.29 is 23.7 Å². The molecule has 10 nitrogen and oxygen atoms in total. The summed E-state index contributed by atoms with van der Waals surface area (Å²) in [7, 11) is 1.19. The van der Waals surface area contributed by atoms with Crippen molar-refractivity contribution in [1.29, 1.82) is 0 Å². The van der Waals surface area contributed by atoms with E-state index in [2.05, 4.69) is 5.10 Å². The molecule has 0 unspecified atom stereocenters. The van der Waals surface area contributed by atoms with E-state index in [1.54, 1.807) is 21.7 Å². The van der Waals surface area contributed by atoms with Crippen LogP contribution in [-0.4, -0.2) is 38.4 Å². The molecule has 30 heavy (non-hydrogen) atoms. The molecule has 10 heteroatoms. The van der Waals surface area contributed by atoms with Gasteiger partial charge in [-0.2, -0.15) is 5.10 Å². The maximum absolute atomic E-state index is 12.9. The molecule has 1 aliphatic heterocycles. The number of amides is 1. The first kappa shape index (κ1) is 17.9. The van der Waals surface area contributed by atoms with Crippen LogP contribution in [0.2, 0.25) is 0 Å². The summed E-state index contributed by atoms with van der Waals surface area (Å²) in [6.45, 7) is 0.497. The average molecular weight is 406 g/mol. The number of carbonyl (C=O) groups is 2. The average Bonchev–Trinajstić information content (AvgIpc) is 3.35. The van der Waals surface area contributed by atoms with Gasteiger partial charge in [-0.15, -0.1) is 0 Å². The van der Waals surface area contributed by atoms with Crippen LogP contribution in [0.25, 0.3) is 16.5 Å². The van der Waals surface area contributed by atoms with Gasteiger partial charge in [0.15, 0.2) is 0 Å². The second-order valence-electron chi connectivity index (χ2n) is 6.92. The summed E-state index contributed by atoms with van der Waals surface area (Å²) >= 11 is 0. The first-order valence-electron chi connectivity index (χ1n) is 9.00. The fourth-order valence-corrected chi connectivity index (χ4v) is 3.80. The highest BCUT2D eigenvalue weighted by atomic mass is 16.6. The third-order valence-electron chi connectivity index (χ3n) is 5.12. The van der Waals surface area contributed by atoms with Gasteiger partial charge < -0.3 is 14.1 Å². The molecule has 0 spiro atoms. The molecule has 0 aliphatic carbocycles. The number of esters is 1. The molecule has 4 heterocycles. The normalized spacial score (nSPS) is 13.2. The van der Waals surface area contributed by atoms with Crippen molar-refractivity contribution in [3.63, 3.8) is 0 Å². The van der Waals surface area contributed by atoms with Gasteiger partial charge in [0.2, 0.25) is 0 Å². The Morgan fingerprint density at radius 2 is 2.20 bits per heavy atom. The lowest BCUT2D eigenvalue weighted by Crippen LogP contribution is -2.33. The van der Waals surface area contributed by atoms with Gasteiger partial charge in [0.05, 0.1) is 35.9 Å². The summed E-state index contributed by atoms with van der Waals surface area (Å²) in [4.78, 5) is 37.2. The monoisotopic (exact) mass is 406 g/mol. The number of rotatable bonds is 4. The number of pyridine rings is 1. The number of nitro benzene ring substituents is 1. The number of methoxy groups -OCH3 is 1. The molecule has 1 amide bonds. The van der Waals surface area contributed by atoms with Crippen molar-refractivity contribution >= 4 is 34.0 Å². The Morgan fingerprint density at radius 1 is 1.37 bits per heavy atom. The standard InChI is InChI=1S/C20H14N4O6/c1-29-20(26)15-7-13(24(27)28)5-12-6-14(30-18(12)15)10-22-9-11-3-2-4-23-17(11)16(8-21-23)19(22)25/h2-8H,9-10H2,1H3. The minimum Gasteiger partial charge on any atom is -0.465 e. The number of hydrogen-bond donors (Lipinski definition) is 0. The summed E-state index contributed by atoms with van der Waals surface area (Å²) < 4.78 is 12.2. The molecule has 0 saturated heterocycles. The third kappa shape index (κ3) is 2.61. The lowest BCUT2D eigenvalue weighted by Gasteiger charge is -2.25. The predicted molar refractivity (Wildman–Crippen MR) is 103 cm³/mol. The van der Waals surface area contributed by atoms with Gasteiger partial charge in [-0.3, -0.25) is 14.9 Å². The topological polar surface area (TPSA) is 120 Å². The highest BCUT2D eigenvalue weighted by molar-refractivity contribution is 6.04. The summed E-state index contributed by atoms with van der Waals surface area (Å²) in [5, 5.41) is 15.8. The smallest absolute Gasteiger partial charge is 0.341 e. The Bertz CT molecular complexity index is 1370. The number of fused-ring (bicyclic) bond motifs is 1. The number of carbonyl (C=O) groups excluding carboxylic acids is 2. The van der Waals surface area contributed by atoms with E-state index < -0.39 is 10.9 Å². The quantitative estimate of drug-likeness (QED) is 0.290. The third-order valence-corrected chi connectivity index (χ3v) is 5.12. The largest absolute Gasteiger partial charge is 0.465 e. The van der Waals surface area contributed by atoms with E-state index in [0.29, 0.717) is 23.3 Å². The second-order valence-corrected chi connectivity index (χ2v) is 6.92. The molecule has 0 fully saturated rings. The van der Waals surface area contributed by atoms with Crippen molar-refractivity contribution in [1.82, 2.24) is 14.5 Å². The molecule has 150 valence electrons. The maximum atomic E-state index is 12.9. The van der Waals surface area contributed by atoms with Crippen LogP contribution in [0.5, 0.6) is 0 Å². The van der Waals surface area contributed by atoms with Crippen LogP contribution in [0.3, 0.4) is 0 Å². The zero-order valence-corrected chi connectivity index (χ0v) is 15.7. The summed E-state index contributed by atoms with van der Waals surface area (Å²) in [6.07, 6.45) is 3.32. The molecule has 0 saturated carbocycles. The fraction of sp³-hybridized carbons (Fsp3) is 0.150. The van der Waals surface area contributed by atoms with E-state index in [1.807, 2.05) is 12.1 Å². The molecule has 0 N–H and O–H groups in total. The van der Waals surface area contributed by atoms with E-state index >= 15 is 0 Å². The molecule has 0 bridgehead atoms. The molecule has 0 atom stereocenters. The minimum atomic E-state index is -0.741. The second kappa shape index (κ2) is 6.41. The predicted octanol–water partition coefficient (Wildman–Crippen LogP) is 2.93. The van der Waals surface area contributed by atoms with Crippen LogP contribution in [0.15, 0.2) is 47.1 Å². The fourth-order valence-electron chi connectivity index (χ4n) is 3.80. The van der Waals surface area contributed by atoms with E-state index in [0.717, 1.165) is 17.1 Å². The van der Waals surface area contributed by atoms with Gasteiger partial charge in [-0.05, 0) is 17.7 Å². The van der Waals surface area contributed by atoms with E-state index in [-0.39, 0.29) is 29.3 Å². The van der Waals surface area contributed by atoms with Crippen molar-refractivity contribution in [2.45, 2.75) is 13.1 Å². The molecular formula is C20H14N4O6. The van der Waals surface area contributed by atoms with Crippen LogP contribution in [-0.2, 0) is 17.8 Å². The number of non-ortho nitro benzene ring substituents is 1. The lowest BCUT2D eigenvalue weighted by atomic mass is 10.1.